The number of benzene rings is 2. The van der Waals surface area contributed by atoms with Crippen LogP contribution in [0.5, 0.6) is 0 Å². The summed E-state index contributed by atoms with van der Waals surface area (Å²) in [5.74, 6) is 0. The summed E-state index contributed by atoms with van der Waals surface area (Å²) in [5, 5.41) is 0. The van der Waals surface area contributed by atoms with Gasteiger partial charge in [-0.3, -0.25) is 4.98 Å². The Balaban J connectivity index is 2.22. The van der Waals surface area contributed by atoms with Gasteiger partial charge in [0.05, 0.1) is 17.1 Å². The van der Waals surface area contributed by atoms with Crippen LogP contribution in [0.25, 0.3) is 33.8 Å². The highest BCUT2D eigenvalue weighted by Crippen LogP contribution is 2.46. The first-order valence-corrected chi connectivity index (χ1v) is 16.4. The van der Waals surface area contributed by atoms with Gasteiger partial charge in [-0.25, -0.2) is 4.98 Å². The van der Waals surface area contributed by atoms with Crippen molar-refractivity contribution in [3.05, 3.63) is 92.0 Å². The summed E-state index contributed by atoms with van der Waals surface area (Å²) < 4.78 is 2.29. The molecule has 0 amide bonds. The van der Waals surface area contributed by atoms with E-state index in [4.69, 9.17) is 4.98 Å². The number of pyridine rings is 2. The molecule has 0 saturated heterocycles. The molecule has 4 aromatic rings. The van der Waals surface area contributed by atoms with Crippen LogP contribution in [0.2, 0.25) is 0 Å². The van der Waals surface area contributed by atoms with E-state index in [9.17, 15) is 0 Å². The highest BCUT2D eigenvalue weighted by atomic mass is 79.9. The molecule has 0 aliphatic carbocycles. The molecule has 2 aromatic heterocycles. The molecule has 0 fully saturated rings. The first-order chi connectivity index (χ1) is 19.2. The number of hydrogen-bond donors (Lipinski definition) is 0. The van der Waals surface area contributed by atoms with Gasteiger partial charge in [0.1, 0.15) is 0 Å². The Hall–Kier alpha value is -2.30. The molecule has 0 aliphatic heterocycles. The monoisotopic (exact) mass is 688 g/mol. The summed E-state index contributed by atoms with van der Waals surface area (Å²) in [7, 11) is 0. The minimum Gasteiger partial charge on any atom is -0.255 e. The van der Waals surface area contributed by atoms with Crippen molar-refractivity contribution in [3.8, 4) is 33.8 Å². The van der Waals surface area contributed by atoms with E-state index in [0.717, 1.165) is 31.6 Å². The lowest BCUT2D eigenvalue weighted by Crippen LogP contribution is -2.19. The van der Waals surface area contributed by atoms with Crippen LogP contribution in [0.15, 0.2) is 69.7 Å². The smallest absolute Gasteiger partial charge is 0.0894 e. The number of nitrogens with zero attached hydrogens (tertiary/aromatic N) is 2. The first kappa shape index (κ1) is 32.6. The molecule has 0 radical (unpaired) electrons. The highest BCUT2D eigenvalue weighted by Gasteiger charge is 2.30. The minimum absolute atomic E-state index is 0.0287. The van der Waals surface area contributed by atoms with Crippen LogP contribution in [0.3, 0.4) is 0 Å². The lowest BCUT2D eigenvalue weighted by Gasteiger charge is -2.31. The molecule has 0 N–H and O–H groups in total. The fourth-order valence-electron chi connectivity index (χ4n) is 5.49. The summed E-state index contributed by atoms with van der Waals surface area (Å²) >= 11 is 7.87. The van der Waals surface area contributed by atoms with E-state index in [1.165, 1.54) is 33.4 Å². The van der Waals surface area contributed by atoms with Gasteiger partial charge in [0.2, 0.25) is 0 Å². The molecule has 0 bridgehead atoms. The molecule has 0 spiro atoms. The molecule has 0 aliphatic rings. The largest absolute Gasteiger partial charge is 0.255 e. The van der Waals surface area contributed by atoms with Crippen LogP contribution in [-0.4, -0.2) is 9.97 Å². The molecule has 2 heterocycles. The molecule has 42 heavy (non-hydrogen) atoms. The maximum absolute atomic E-state index is 5.46. The third-order valence-electron chi connectivity index (χ3n) is 7.81. The van der Waals surface area contributed by atoms with Gasteiger partial charge in [-0.1, -0.05) is 121 Å². The van der Waals surface area contributed by atoms with Crippen LogP contribution in [0, 0.1) is 0 Å². The number of aromatic nitrogens is 2. The van der Waals surface area contributed by atoms with Crippen molar-refractivity contribution < 1.29 is 0 Å². The Bertz CT molecular complexity index is 1610. The van der Waals surface area contributed by atoms with Gasteiger partial charge in [0.15, 0.2) is 0 Å². The van der Waals surface area contributed by atoms with Gasteiger partial charge in [-0.05, 0) is 98.0 Å². The summed E-state index contributed by atoms with van der Waals surface area (Å²) in [6, 6.07) is 19.8. The third-order valence-corrected chi connectivity index (χ3v) is 9.13. The Morgan fingerprint density at radius 1 is 0.476 bits per heavy atom. The Morgan fingerprint density at radius 2 is 0.952 bits per heavy atom. The summed E-state index contributed by atoms with van der Waals surface area (Å²) in [4.78, 5) is 10.1. The SMILES string of the molecule is CC(C)(C)c1cc(-c2ccc(-c3ccccn3)nc2-c2cc(C(C)(C)C)c(Br)cc2C(C)(C)C)c(C(C)(C)C)cc1Br. The Morgan fingerprint density at radius 3 is 1.40 bits per heavy atom. The van der Waals surface area contributed by atoms with Crippen LogP contribution < -0.4 is 0 Å². The topological polar surface area (TPSA) is 25.8 Å². The van der Waals surface area contributed by atoms with Gasteiger partial charge in [0, 0.05) is 26.3 Å². The van der Waals surface area contributed by atoms with Gasteiger partial charge in [-0.15, -0.1) is 0 Å². The molecule has 0 atom stereocenters. The average molecular weight is 691 g/mol. The van der Waals surface area contributed by atoms with E-state index in [1.54, 1.807) is 0 Å². The van der Waals surface area contributed by atoms with Crippen LogP contribution in [0.4, 0.5) is 0 Å². The Kier molecular flexibility index (Phi) is 8.79. The van der Waals surface area contributed by atoms with Gasteiger partial charge in [-0.2, -0.15) is 0 Å². The molecule has 0 unspecified atom stereocenters. The van der Waals surface area contributed by atoms with Gasteiger partial charge in [0.25, 0.3) is 0 Å². The van der Waals surface area contributed by atoms with Crippen molar-refractivity contribution in [2.24, 2.45) is 0 Å². The van der Waals surface area contributed by atoms with Crippen molar-refractivity contribution in [3.63, 3.8) is 0 Å². The summed E-state index contributed by atoms with van der Waals surface area (Å²) in [5.41, 5.74) is 11.1. The van der Waals surface area contributed by atoms with Crippen LogP contribution >= 0.6 is 31.9 Å². The third kappa shape index (κ3) is 6.76. The van der Waals surface area contributed by atoms with Crippen LogP contribution in [-0.2, 0) is 21.7 Å². The second-order valence-electron chi connectivity index (χ2n) is 15.6. The zero-order valence-corrected chi connectivity index (χ0v) is 30.6. The van der Waals surface area contributed by atoms with E-state index >= 15 is 0 Å². The average Bonchev–Trinajstić information content (AvgIpc) is 2.86. The van der Waals surface area contributed by atoms with E-state index in [1.807, 2.05) is 24.4 Å². The van der Waals surface area contributed by atoms with E-state index in [0.29, 0.717) is 0 Å². The van der Waals surface area contributed by atoms with Crippen molar-refractivity contribution in [1.29, 1.82) is 0 Å². The molecule has 4 heteroatoms. The Labute approximate surface area is 271 Å². The molecule has 2 nitrogen and oxygen atoms in total. The van der Waals surface area contributed by atoms with Gasteiger partial charge >= 0.3 is 0 Å². The maximum atomic E-state index is 5.46. The lowest BCUT2D eigenvalue weighted by atomic mass is 9.75. The molecule has 222 valence electrons. The minimum atomic E-state index is -0.0998. The fraction of sp³-hybridized carbons (Fsp3) is 0.421. The second kappa shape index (κ2) is 11.3. The molecule has 2 aromatic carbocycles. The first-order valence-electron chi connectivity index (χ1n) is 14.8. The van der Waals surface area contributed by atoms with Crippen molar-refractivity contribution >= 4 is 31.9 Å². The number of hydrogen-bond acceptors (Lipinski definition) is 2. The van der Waals surface area contributed by atoms with Crippen molar-refractivity contribution in [1.82, 2.24) is 9.97 Å². The zero-order chi connectivity index (χ0) is 31.4. The summed E-state index contributed by atoms with van der Waals surface area (Å²) in [6.07, 6.45) is 1.84. The fourth-order valence-corrected chi connectivity index (χ4v) is 7.37. The quantitative estimate of drug-likeness (QED) is 0.214. The van der Waals surface area contributed by atoms with E-state index in [2.05, 4.69) is 156 Å². The maximum Gasteiger partial charge on any atom is 0.0894 e. The molecular formula is C38H46Br2N2. The van der Waals surface area contributed by atoms with E-state index in [-0.39, 0.29) is 21.7 Å². The standard InChI is InChI=1S/C38H46Br2N2/c1-35(2,3)26-21-30(39)28(37(7,8)9)19-24(26)23-16-17-33(32-15-13-14-18-41-32)42-34(23)25-20-29(38(10,11)12)31(40)22-27(25)36(4,5)6/h13-22H,1-12H3. The summed E-state index contributed by atoms with van der Waals surface area (Å²) in [6.45, 7) is 27.4. The van der Waals surface area contributed by atoms with Crippen molar-refractivity contribution in [2.45, 2.75) is 105 Å². The molecular weight excluding hydrogens is 644 g/mol. The number of halogens is 2. The van der Waals surface area contributed by atoms with Crippen molar-refractivity contribution in [2.75, 3.05) is 0 Å². The zero-order valence-electron chi connectivity index (χ0n) is 27.4. The lowest BCUT2D eigenvalue weighted by molar-refractivity contribution is 0.575. The predicted octanol–water partition coefficient (Wildman–Crippen LogP) is 12.2. The van der Waals surface area contributed by atoms with Gasteiger partial charge < -0.3 is 0 Å². The second-order valence-corrected chi connectivity index (χ2v) is 17.3. The highest BCUT2D eigenvalue weighted by molar-refractivity contribution is 9.10. The predicted molar refractivity (Wildman–Crippen MR) is 189 cm³/mol. The molecule has 0 saturated carbocycles. The van der Waals surface area contributed by atoms with E-state index < -0.39 is 0 Å². The van der Waals surface area contributed by atoms with Crippen LogP contribution in [0.1, 0.15) is 105 Å². The number of rotatable bonds is 3. The normalized spacial score (nSPS) is 13.0. The molecule has 4 rings (SSSR count).